The van der Waals surface area contributed by atoms with E-state index in [0.717, 1.165) is 0 Å². The van der Waals surface area contributed by atoms with Gasteiger partial charge in [-0.1, -0.05) is 42.5 Å². The number of pyridine rings is 1. The SMILES string of the molecule is COc1cccc(NC(=O)[C@@H](OC(=O)Cn2ccccc2=O)c2ccccc2)c1. The number of nitrogens with zero attached hydrogens (tertiary/aromatic N) is 1. The van der Waals surface area contributed by atoms with Crippen molar-refractivity contribution in [3.05, 3.63) is 94.9 Å². The topological polar surface area (TPSA) is 86.6 Å². The summed E-state index contributed by atoms with van der Waals surface area (Å²) in [4.78, 5) is 37.1. The van der Waals surface area contributed by atoms with E-state index in [1.54, 1.807) is 66.7 Å². The molecule has 7 heteroatoms. The highest BCUT2D eigenvalue weighted by Gasteiger charge is 2.25. The number of rotatable bonds is 7. The molecule has 0 aliphatic carbocycles. The van der Waals surface area contributed by atoms with Crippen molar-refractivity contribution in [1.82, 2.24) is 4.57 Å². The Bertz CT molecular complexity index is 1050. The monoisotopic (exact) mass is 392 g/mol. The summed E-state index contributed by atoms with van der Waals surface area (Å²) < 4.78 is 11.8. The second-order valence-electron chi connectivity index (χ2n) is 6.17. The Balaban J connectivity index is 1.79. The Kier molecular flexibility index (Phi) is 6.42. The first-order chi connectivity index (χ1) is 14.1. The third-order valence-corrected chi connectivity index (χ3v) is 4.13. The zero-order valence-corrected chi connectivity index (χ0v) is 15.8. The quantitative estimate of drug-likeness (QED) is 0.625. The molecule has 0 saturated heterocycles. The van der Waals surface area contributed by atoms with Gasteiger partial charge in [-0.05, 0) is 18.2 Å². The van der Waals surface area contributed by atoms with E-state index in [1.807, 2.05) is 0 Å². The predicted octanol–water partition coefficient (Wildman–Crippen LogP) is 2.78. The van der Waals surface area contributed by atoms with E-state index in [0.29, 0.717) is 17.0 Å². The predicted molar refractivity (Wildman–Crippen MR) is 108 cm³/mol. The number of amides is 1. The second kappa shape index (κ2) is 9.36. The van der Waals surface area contributed by atoms with Crippen LogP contribution in [0.3, 0.4) is 0 Å². The lowest BCUT2D eigenvalue weighted by Crippen LogP contribution is -2.29. The fraction of sp³-hybridized carbons (Fsp3) is 0.136. The molecule has 0 aliphatic heterocycles. The number of aromatic nitrogens is 1. The van der Waals surface area contributed by atoms with Crippen LogP contribution in [0.25, 0.3) is 0 Å². The number of hydrogen-bond donors (Lipinski definition) is 1. The summed E-state index contributed by atoms with van der Waals surface area (Å²) in [6.07, 6.45) is 0.312. The number of nitrogens with one attached hydrogen (secondary N) is 1. The number of benzene rings is 2. The fourth-order valence-corrected chi connectivity index (χ4v) is 2.71. The third kappa shape index (κ3) is 5.32. The van der Waals surface area contributed by atoms with Gasteiger partial charge in [0.2, 0.25) is 6.10 Å². The van der Waals surface area contributed by atoms with E-state index < -0.39 is 18.0 Å². The summed E-state index contributed by atoms with van der Waals surface area (Å²) in [6, 6.07) is 20.1. The first-order valence-electron chi connectivity index (χ1n) is 8.91. The molecule has 3 aromatic rings. The number of hydrogen-bond acceptors (Lipinski definition) is 5. The van der Waals surface area contributed by atoms with Gasteiger partial charge < -0.3 is 19.4 Å². The van der Waals surface area contributed by atoms with E-state index >= 15 is 0 Å². The van der Waals surface area contributed by atoms with Crippen LogP contribution >= 0.6 is 0 Å². The van der Waals surface area contributed by atoms with Crippen LogP contribution < -0.4 is 15.6 Å². The van der Waals surface area contributed by atoms with Gasteiger partial charge in [0.1, 0.15) is 12.3 Å². The second-order valence-corrected chi connectivity index (χ2v) is 6.17. The standard InChI is InChI=1S/C22H20N2O5/c1-28-18-11-7-10-17(14-18)23-22(27)21(16-8-3-2-4-9-16)29-20(26)15-24-13-6-5-12-19(24)25/h2-14,21H,15H2,1H3,(H,23,27)/t21-/m0/s1. The van der Waals surface area contributed by atoms with Crippen LogP contribution in [0.15, 0.2) is 83.8 Å². The van der Waals surface area contributed by atoms with Crippen LogP contribution in [0, 0.1) is 0 Å². The number of ether oxygens (including phenoxy) is 2. The van der Waals surface area contributed by atoms with Gasteiger partial charge >= 0.3 is 5.97 Å². The van der Waals surface area contributed by atoms with Crippen molar-refractivity contribution >= 4 is 17.6 Å². The van der Waals surface area contributed by atoms with Gasteiger partial charge in [-0.25, -0.2) is 0 Å². The third-order valence-electron chi connectivity index (χ3n) is 4.13. The van der Waals surface area contributed by atoms with Gasteiger partial charge in [-0.3, -0.25) is 14.4 Å². The van der Waals surface area contributed by atoms with Crippen LogP contribution in [0.1, 0.15) is 11.7 Å². The fourth-order valence-electron chi connectivity index (χ4n) is 2.71. The van der Waals surface area contributed by atoms with Gasteiger partial charge in [-0.2, -0.15) is 0 Å². The van der Waals surface area contributed by atoms with Crippen molar-refractivity contribution in [1.29, 1.82) is 0 Å². The Hall–Kier alpha value is -3.87. The lowest BCUT2D eigenvalue weighted by Gasteiger charge is -2.18. The van der Waals surface area contributed by atoms with Crippen LogP contribution in [-0.2, 0) is 20.9 Å². The van der Waals surface area contributed by atoms with Crippen LogP contribution in [0.4, 0.5) is 5.69 Å². The molecule has 0 bridgehead atoms. The molecule has 0 aliphatic rings. The molecule has 1 amide bonds. The Morgan fingerprint density at radius 1 is 1.00 bits per heavy atom. The summed E-state index contributed by atoms with van der Waals surface area (Å²) in [5.74, 6) is -0.634. The average molecular weight is 392 g/mol. The minimum Gasteiger partial charge on any atom is -0.497 e. The Morgan fingerprint density at radius 2 is 1.76 bits per heavy atom. The molecule has 3 rings (SSSR count). The van der Waals surface area contributed by atoms with E-state index in [1.165, 1.54) is 23.9 Å². The van der Waals surface area contributed by atoms with E-state index in [-0.39, 0.29) is 12.1 Å². The smallest absolute Gasteiger partial charge is 0.327 e. The van der Waals surface area contributed by atoms with E-state index in [2.05, 4.69) is 5.32 Å². The van der Waals surface area contributed by atoms with Crippen molar-refractivity contribution in [2.75, 3.05) is 12.4 Å². The maximum Gasteiger partial charge on any atom is 0.327 e. The van der Waals surface area contributed by atoms with Gasteiger partial charge in [0.25, 0.3) is 11.5 Å². The molecule has 1 N–H and O–H groups in total. The summed E-state index contributed by atoms with van der Waals surface area (Å²) in [6.45, 7) is -0.296. The lowest BCUT2D eigenvalue weighted by molar-refractivity contribution is -0.155. The summed E-state index contributed by atoms with van der Waals surface area (Å²) >= 11 is 0. The number of carbonyl (C=O) groups excluding carboxylic acids is 2. The average Bonchev–Trinajstić information content (AvgIpc) is 2.74. The highest BCUT2D eigenvalue weighted by Crippen LogP contribution is 2.22. The van der Waals surface area contributed by atoms with Gasteiger partial charge in [0.15, 0.2) is 0 Å². The van der Waals surface area contributed by atoms with E-state index in [4.69, 9.17) is 9.47 Å². The first kappa shape index (κ1) is 19.9. The van der Waals surface area contributed by atoms with Gasteiger partial charge in [0.05, 0.1) is 7.11 Å². The Morgan fingerprint density at radius 3 is 2.48 bits per heavy atom. The molecule has 1 heterocycles. The minimum atomic E-state index is -1.17. The molecule has 29 heavy (non-hydrogen) atoms. The van der Waals surface area contributed by atoms with Gasteiger partial charge in [0, 0.05) is 29.6 Å². The first-order valence-corrected chi connectivity index (χ1v) is 8.91. The largest absolute Gasteiger partial charge is 0.497 e. The summed E-state index contributed by atoms with van der Waals surface area (Å²) in [5.41, 5.74) is 0.689. The molecular weight excluding hydrogens is 372 g/mol. The van der Waals surface area contributed by atoms with Crippen molar-refractivity contribution < 1.29 is 19.1 Å². The highest BCUT2D eigenvalue weighted by atomic mass is 16.5. The molecular formula is C22H20N2O5. The lowest BCUT2D eigenvalue weighted by atomic mass is 10.1. The maximum atomic E-state index is 12.9. The number of anilines is 1. The molecule has 148 valence electrons. The minimum absolute atomic E-state index is 0.296. The zero-order chi connectivity index (χ0) is 20.6. The van der Waals surface area contributed by atoms with Crippen LogP contribution in [0.5, 0.6) is 5.75 Å². The van der Waals surface area contributed by atoms with Crippen LogP contribution in [-0.4, -0.2) is 23.6 Å². The Labute approximate surface area is 167 Å². The van der Waals surface area contributed by atoms with Crippen molar-refractivity contribution in [2.45, 2.75) is 12.6 Å². The molecule has 0 fully saturated rings. The maximum absolute atomic E-state index is 12.9. The summed E-state index contributed by atoms with van der Waals surface area (Å²) in [7, 11) is 1.53. The van der Waals surface area contributed by atoms with Crippen LogP contribution in [0.2, 0.25) is 0 Å². The molecule has 0 radical (unpaired) electrons. The molecule has 1 aromatic heterocycles. The molecule has 0 spiro atoms. The van der Waals surface area contributed by atoms with Crippen molar-refractivity contribution in [3.8, 4) is 5.75 Å². The molecule has 0 unspecified atom stereocenters. The van der Waals surface area contributed by atoms with E-state index in [9.17, 15) is 14.4 Å². The van der Waals surface area contributed by atoms with Crippen molar-refractivity contribution in [2.24, 2.45) is 0 Å². The number of esters is 1. The molecule has 1 atom stereocenters. The van der Waals surface area contributed by atoms with Crippen molar-refractivity contribution in [3.63, 3.8) is 0 Å². The molecule has 7 nitrogen and oxygen atoms in total. The molecule has 0 saturated carbocycles. The number of methoxy groups -OCH3 is 1. The number of carbonyl (C=O) groups is 2. The van der Waals surface area contributed by atoms with Gasteiger partial charge in [-0.15, -0.1) is 0 Å². The molecule has 2 aromatic carbocycles. The zero-order valence-electron chi connectivity index (χ0n) is 15.8. The summed E-state index contributed by atoms with van der Waals surface area (Å²) in [5, 5.41) is 2.73. The normalized spacial score (nSPS) is 11.3. The highest BCUT2D eigenvalue weighted by molar-refractivity contribution is 5.96.